The molecule has 4 nitrogen and oxygen atoms in total. The van der Waals surface area contributed by atoms with Gasteiger partial charge in [-0.1, -0.05) is 134 Å². The van der Waals surface area contributed by atoms with Crippen molar-refractivity contribution in [2.75, 3.05) is 21.2 Å². The Bertz CT molecular complexity index is 2840. The lowest BCUT2D eigenvalue weighted by Crippen LogP contribution is -2.61. The lowest BCUT2D eigenvalue weighted by molar-refractivity contribution is 0.195. The number of dihydropyridines is 1. The summed E-state index contributed by atoms with van der Waals surface area (Å²) >= 11 is 0. The van der Waals surface area contributed by atoms with Gasteiger partial charge in [-0.3, -0.25) is 0 Å². The molecule has 11 rings (SSSR count). The van der Waals surface area contributed by atoms with Gasteiger partial charge in [0.15, 0.2) is 0 Å². The van der Waals surface area contributed by atoms with Crippen LogP contribution in [-0.2, 0) is 16.2 Å². The van der Waals surface area contributed by atoms with Gasteiger partial charge in [0, 0.05) is 57.5 Å². The van der Waals surface area contributed by atoms with Gasteiger partial charge in [0.2, 0.25) is 0 Å². The second-order valence-corrected chi connectivity index (χ2v) is 21.0. The fourth-order valence-corrected chi connectivity index (χ4v) is 11.8. The van der Waals surface area contributed by atoms with Gasteiger partial charge < -0.3 is 20.0 Å². The number of nitrogens with zero attached hydrogens (tertiary/aromatic N) is 3. The van der Waals surface area contributed by atoms with E-state index in [2.05, 4.69) is 221 Å². The Morgan fingerprint density at radius 3 is 1.98 bits per heavy atom. The van der Waals surface area contributed by atoms with E-state index < -0.39 is 0 Å². The maximum absolute atomic E-state index is 3.36. The molecule has 0 amide bonds. The first-order chi connectivity index (χ1) is 29.8. The molecule has 310 valence electrons. The van der Waals surface area contributed by atoms with Crippen molar-refractivity contribution in [3.05, 3.63) is 168 Å². The van der Waals surface area contributed by atoms with Crippen molar-refractivity contribution in [1.29, 1.82) is 0 Å². The van der Waals surface area contributed by atoms with E-state index in [-0.39, 0.29) is 28.5 Å². The zero-order chi connectivity index (χ0) is 42.8. The van der Waals surface area contributed by atoms with Crippen molar-refractivity contribution in [3.8, 4) is 0 Å². The summed E-state index contributed by atoms with van der Waals surface area (Å²) in [7, 11) is 0. The Balaban J connectivity index is 1.24. The van der Waals surface area contributed by atoms with Crippen LogP contribution < -0.4 is 36.4 Å². The van der Waals surface area contributed by atoms with E-state index in [1.54, 1.807) is 0 Å². The maximum Gasteiger partial charge on any atom is 0.252 e. The third-order valence-electron chi connectivity index (χ3n) is 15.3. The first-order valence-corrected chi connectivity index (χ1v) is 23.0. The molecule has 6 aromatic carbocycles. The summed E-state index contributed by atoms with van der Waals surface area (Å²) in [5, 5.41) is 3.36. The second kappa shape index (κ2) is 13.8. The van der Waals surface area contributed by atoms with Crippen LogP contribution in [0.2, 0.25) is 0 Å². The number of benzene rings is 6. The Morgan fingerprint density at radius 1 is 0.565 bits per heavy atom. The molecule has 0 radical (unpaired) electrons. The quantitative estimate of drug-likeness (QED) is 0.179. The molecule has 2 atom stereocenters. The molecule has 0 aromatic heterocycles. The van der Waals surface area contributed by atoms with Gasteiger partial charge in [-0.25, -0.2) is 0 Å². The molecule has 1 aliphatic carbocycles. The number of nitrogens with one attached hydrogen (secondary N) is 1. The summed E-state index contributed by atoms with van der Waals surface area (Å²) in [6, 6.07) is 49.5. The molecule has 4 heterocycles. The average Bonchev–Trinajstić information content (AvgIpc) is 3.48. The number of rotatable bonds is 4. The summed E-state index contributed by atoms with van der Waals surface area (Å²) in [5.74, 6) is 0. The Labute approximate surface area is 370 Å². The van der Waals surface area contributed by atoms with Gasteiger partial charge in [-0.05, 0) is 148 Å². The van der Waals surface area contributed by atoms with E-state index in [1.807, 2.05) is 0 Å². The molecule has 1 saturated carbocycles. The molecule has 2 unspecified atom stereocenters. The largest absolute Gasteiger partial charge is 0.387 e. The smallest absolute Gasteiger partial charge is 0.252 e. The molecular formula is C57H59BN4. The summed E-state index contributed by atoms with van der Waals surface area (Å²) in [6.07, 6.45) is 11.4. The molecular weight excluding hydrogens is 751 g/mol. The van der Waals surface area contributed by atoms with Crippen LogP contribution in [0, 0.1) is 0 Å². The Hall–Kier alpha value is -5.94. The molecule has 4 aliphatic heterocycles. The first-order valence-electron chi connectivity index (χ1n) is 23.0. The minimum absolute atomic E-state index is 0.00708. The minimum atomic E-state index is -0.127. The fourth-order valence-electron chi connectivity index (χ4n) is 11.8. The maximum atomic E-state index is 3.36. The zero-order valence-electron chi connectivity index (χ0n) is 37.8. The lowest BCUT2D eigenvalue weighted by Gasteiger charge is -2.51. The van der Waals surface area contributed by atoms with Crippen LogP contribution in [0.1, 0.15) is 103 Å². The number of hydrogen-bond acceptors (Lipinski definition) is 4. The number of anilines is 8. The molecule has 0 bridgehead atoms. The highest BCUT2D eigenvalue weighted by molar-refractivity contribution is 7.00. The molecule has 0 spiro atoms. The number of fused-ring (bicyclic) bond motifs is 7. The molecule has 0 saturated heterocycles. The summed E-state index contributed by atoms with van der Waals surface area (Å²) in [4.78, 5) is 7.98. The standard InChI is InChI=1S/C57H59BN4/c1-54(2,3)40-17-16-20-43(34-40)61-50-35-41(55(4,5)6)24-25-47(50)58-46-21-12-13-22-49(46)60(42-18-10-9-11-19-42)51-36-44(37-52(61)53(51)58)62-48-26-23-39(38-27-31-59-32-28-38)33-45(48)56(7)29-14-15-30-57(56,62)8/h9-13,16-28,31,33-37,59H,14-15,29-30,32H2,1-8H3. The van der Waals surface area contributed by atoms with Gasteiger partial charge in [-0.2, -0.15) is 0 Å². The fraction of sp³-hybridized carbons (Fsp3) is 0.298. The van der Waals surface area contributed by atoms with Crippen molar-refractivity contribution in [2.45, 2.75) is 103 Å². The molecule has 1 N–H and O–H groups in total. The predicted octanol–water partition coefficient (Wildman–Crippen LogP) is 12.6. The molecule has 62 heavy (non-hydrogen) atoms. The van der Waals surface area contributed by atoms with Crippen molar-refractivity contribution in [2.24, 2.45) is 0 Å². The third kappa shape index (κ3) is 5.73. The normalized spacial score (nSPS) is 21.1. The van der Waals surface area contributed by atoms with Gasteiger partial charge in [0.1, 0.15) is 0 Å². The van der Waals surface area contributed by atoms with E-state index in [1.165, 1.54) is 109 Å². The third-order valence-corrected chi connectivity index (χ3v) is 15.3. The summed E-state index contributed by atoms with van der Waals surface area (Å²) in [5.41, 5.74) is 20.7. The minimum Gasteiger partial charge on any atom is -0.387 e. The lowest BCUT2D eigenvalue weighted by atomic mass is 9.33. The van der Waals surface area contributed by atoms with Gasteiger partial charge in [0.05, 0.1) is 5.54 Å². The van der Waals surface area contributed by atoms with Crippen LogP contribution in [0.25, 0.3) is 5.57 Å². The van der Waals surface area contributed by atoms with E-state index >= 15 is 0 Å². The van der Waals surface area contributed by atoms with Crippen molar-refractivity contribution in [3.63, 3.8) is 0 Å². The van der Waals surface area contributed by atoms with Crippen molar-refractivity contribution in [1.82, 2.24) is 5.32 Å². The van der Waals surface area contributed by atoms with E-state index in [0.29, 0.717) is 0 Å². The van der Waals surface area contributed by atoms with Crippen LogP contribution >= 0.6 is 0 Å². The van der Waals surface area contributed by atoms with Crippen LogP contribution in [0.15, 0.2) is 146 Å². The second-order valence-electron chi connectivity index (χ2n) is 21.0. The monoisotopic (exact) mass is 810 g/mol. The van der Waals surface area contributed by atoms with Gasteiger partial charge >= 0.3 is 0 Å². The summed E-state index contributed by atoms with van der Waals surface area (Å²) in [6.45, 7) is 20.1. The van der Waals surface area contributed by atoms with Crippen LogP contribution in [0.4, 0.5) is 45.5 Å². The van der Waals surface area contributed by atoms with Crippen LogP contribution in [0.5, 0.6) is 0 Å². The van der Waals surface area contributed by atoms with E-state index in [0.717, 1.165) is 13.0 Å². The molecule has 5 heteroatoms. The molecule has 1 fully saturated rings. The molecule has 5 aliphatic rings. The van der Waals surface area contributed by atoms with Gasteiger partial charge in [0.25, 0.3) is 6.71 Å². The highest BCUT2D eigenvalue weighted by Gasteiger charge is 2.58. The van der Waals surface area contributed by atoms with Gasteiger partial charge in [-0.15, -0.1) is 0 Å². The summed E-state index contributed by atoms with van der Waals surface area (Å²) < 4.78 is 0. The van der Waals surface area contributed by atoms with Crippen LogP contribution in [0.3, 0.4) is 0 Å². The number of para-hydroxylation sites is 2. The van der Waals surface area contributed by atoms with Crippen molar-refractivity contribution < 1.29 is 0 Å². The van der Waals surface area contributed by atoms with Crippen molar-refractivity contribution >= 4 is 74.2 Å². The van der Waals surface area contributed by atoms with E-state index in [9.17, 15) is 0 Å². The predicted molar refractivity (Wildman–Crippen MR) is 266 cm³/mol. The van der Waals surface area contributed by atoms with E-state index in [4.69, 9.17) is 0 Å². The Kier molecular flexibility index (Phi) is 8.66. The number of allylic oxidation sites excluding steroid dienone is 2. The SMILES string of the molecule is CC(C)(C)c1cccc(N2c3cc(C(C)(C)C)ccc3B3c4ccccc4N(c4ccccc4)c4cc(N5c6ccc(C7=CCNC=C7)cc6C6(C)CCCCC56C)cc2c43)c1. The first kappa shape index (κ1) is 38.9. The highest BCUT2D eigenvalue weighted by atomic mass is 15.3. The zero-order valence-corrected chi connectivity index (χ0v) is 37.8. The average molecular weight is 811 g/mol. The molecule has 6 aromatic rings. The van der Waals surface area contributed by atoms with Crippen LogP contribution in [-0.4, -0.2) is 18.8 Å². The number of hydrogen-bond donors (Lipinski definition) is 1. The highest BCUT2D eigenvalue weighted by Crippen LogP contribution is 2.62. The Morgan fingerprint density at radius 2 is 1.24 bits per heavy atom. The topological polar surface area (TPSA) is 21.8 Å².